The van der Waals surface area contributed by atoms with Gasteiger partial charge < -0.3 is 10.5 Å². The predicted octanol–water partition coefficient (Wildman–Crippen LogP) is 2.55. The van der Waals surface area contributed by atoms with Gasteiger partial charge in [-0.15, -0.1) is 0 Å². The molecule has 1 aromatic heterocycles. The molecule has 0 spiro atoms. The molecule has 3 rings (SSSR count). The second kappa shape index (κ2) is 5.35. The molecule has 102 valence electrons. The topological polar surface area (TPSA) is 53.1 Å². The summed E-state index contributed by atoms with van der Waals surface area (Å²) >= 11 is 0. The van der Waals surface area contributed by atoms with Crippen molar-refractivity contribution in [2.24, 2.45) is 5.73 Å². The Balaban J connectivity index is 1.95. The molecule has 4 heteroatoms. The Hall–Kier alpha value is -2.33. The Kier molecular flexibility index (Phi) is 3.39. The predicted molar refractivity (Wildman–Crippen MR) is 79.7 cm³/mol. The average molecular weight is 267 g/mol. The molecule has 3 aromatic rings. The van der Waals surface area contributed by atoms with E-state index in [0.29, 0.717) is 6.54 Å². The zero-order valence-corrected chi connectivity index (χ0v) is 11.4. The van der Waals surface area contributed by atoms with E-state index in [1.54, 1.807) is 7.11 Å². The van der Waals surface area contributed by atoms with E-state index in [1.165, 1.54) is 5.56 Å². The van der Waals surface area contributed by atoms with Crippen LogP contribution in [0, 0.1) is 0 Å². The van der Waals surface area contributed by atoms with E-state index in [4.69, 9.17) is 10.5 Å². The van der Waals surface area contributed by atoms with Gasteiger partial charge in [0.25, 0.3) is 0 Å². The van der Waals surface area contributed by atoms with Crippen LogP contribution in [-0.2, 0) is 13.1 Å². The molecule has 2 N–H and O–H groups in total. The molecule has 0 aliphatic rings. The van der Waals surface area contributed by atoms with Gasteiger partial charge in [0, 0.05) is 17.5 Å². The van der Waals surface area contributed by atoms with Crippen LogP contribution < -0.4 is 10.5 Å². The molecule has 0 saturated carbocycles. The summed E-state index contributed by atoms with van der Waals surface area (Å²) in [5.41, 5.74) is 9.08. The van der Waals surface area contributed by atoms with Crippen LogP contribution >= 0.6 is 0 Å². The fourth-order valence-corrected chi connectivity index (χ4v) is 2.41. The standard InChI is InChI=1S/C16H17N3O/c1-20-16-7-6-12(8-14(16)9-17)11-19-15-5-3-2-4-13(15)10-18-19/h2-8,10H,9,11,17H2,1H3. The van der Waals surface area contributed by atoms with Crippen molar-refractivity contribution >= 4 is 10.9 Å². The van der Waals surface area contributed by atoms with E-state index < -0.39 is 0 Å². The molecule has 0 unspecified atom stereocenters. The van der Waals surface area contributed by atoms with E-state index >= 15 is 0 Å². The van der Waals surface area contributed by atoms with E-state index in [0.717, 1.165) is 28.8 Å². The van der Waals surface area contributed by atoms with Crippen molar-refractivity contribution in [2.75, 3.05) is 7.11 Å². The first-order valence-electron chi connectivity index (χ1n) is 6.58. The molecule has 0 radical (unpaired) electrons. The molecule has 0 amide bonds. The molecule has 2 aromatic carbocycles. The zero-order valence-electron chi connectivity index (χ0n) is 11.4. The van der Waals surface area contributed by atoms with E-state index in [1.807, 2.05) is 29.1 Å². The zero-order chi connectivity index (χ0) is 13.9. The summed E-state index contributed by atoms with van der Waals surface area (Å²) in [6, 6.07) is 14.3. The molecule has 0 fully saturated rings. The Labute approximate surface area is 117 Å². The Morgan fingerprint density at radius 3 is 2.85 bits per heavy atom. The van der Waals surface area contributed by atoms with Gasteiger partial charge in [0.1, 0.15) is 5.75 Å². The van der Waals surface area contributed by atoms with Gasteiger partial charge in [0.2, 0.25) is 0 Å². The Morgan fingerprint density at radius 2 is 2.05 bits per heavy atom. The number of aromatic nitrogens is 2. The third-order valence-electron chi connectivity index (χ3n) is 3.45. The number of benzene rings is 2. The molecule has 0 saturated heterocycles. The first-order valence-corrected chi connectivity index (χ1v) is 6.58. The summed E-state index contributed by atoms with van der Waals surface area (Å²) < 4.78 is 7.29. The monoisotopic (exact) mass is 267 g/mol. The number of rotatable bonds is 4. The maximum absolute atomic E-state index is 5.76. The molecule has 0 aliphatic carbocycles. The largest absolute Gasteiger partial charge is 0.496 e. The van der Waals surface area contributed by atoms with Gasteiger partial charge in [-0.2, -0.15) is 5.10 Å². The summed E-state index contributed by atoms with van der Waals surface area (Å²) in [6.07, 6.45) is 1.89. The SMILES string of the molecule is COc1ccc(Cn2ncc3ccccc32)cc1CN. The lowest BCUT2D eigenvalue weighted by molar-refractivity contribution is 0.409. The van der Waals surface area contributed by atoms with Gasteiger partial charge in [-0.25, -0.2) is 0 Å². The number of fused-ring (bicyclic) bond motifs is 1. The van der Waals surface area contributed by atoms with Crippen molar-refractivity contribution in [3.05, 3.63) is 59.8 Å². The van der Waals surface area contributed by atoms with Gasteiger partial charge in [-0.3, -0.25) is 4.68 Å². The van der Waals surface area contributed by atoms with Crippen molar-refractivity contribution < 1.29 is 4.74 Å². The third kappa shape index (κ3) is 2.26. The van der Waals surface area contributed by atoms with Gasteiger partial charge in [0.05, 0.1) is 25.4 Å². The second-order valence-corrected chi connectivity index (χ2v) is 4.71. The molecule has 0 atom stereocenters. The lowest BCUT2D eigenvalue weighted by atomic mass is 10.1. The highest BCUT2D eigenvalue weighted by Crippen LogP contribution is 2.21. The molecule has 1 heterocycles. The lowest BCUT2D eigenvalue weighted by Gasteiger charge is -2.10. The third-order valence-corrected chi connectivity index (χ3v) is 3.45. The van der Waals surface area contributed by atoms with Crippen LogP contribution in [-0.4, -0.2) is 16.9 Å². The average Bonchev–Trinajstić information content (AvgIpc) is 2.90. The van der Waals surface area contributed by atoms with Crippen molar-refractivity contribution in [1.82, 2.24) is 9.78 Å². The number of ether oxygens (including phenoxy) is 1. The maximum atomic E-state index is 5.76. The number of nitrogens with two attached hydrogens (primary N) is 1. The number of methoxy groups -OCH3 is 1. The molecular formula is C16H17N3O. The Bertz CT molecular complexity index is 733. The highest BCUT2D eigenvalue weighted by Gasteiger charge is 2.06. The van der Waals surface area contributed by atoms with Crippen LogP contribution in [0.1, 0.15) is 11.1 Å². The van der Waals surface area contributed by atoms with Crippen LogP contribution in [0.25, 0.3) is 10.9 Å². The minimum Gasteiger partial charge on any atom is -0.496 e. The highest BCUT2D eigenvalue weighted by atomic mass is 16.5. The molecule has 0 aliphatic heterocycles. The molecule has 4 nitrogen and oxygen atoms in total. The first kappa shape index (κ1) is 12.7. The van der Waals surface area contributed by atoms with Gasteiger partial charge >= 0.3 is 0 Å². The van der Waals surface area contributed by atoms with Crippen LogP contribution in [0.4, 0.5) is 0 Å². The van der Waals surface area contributed by atoms with Crippen molar-refractivity contribution in [3.63, 3.8) is 0 Å². The smallest absolute Gasteiger partial charge is 0.123 e. The van der Waals surface area contributed by atoms with Crippen LogP contribution in [0.3, 0.4) is 0 Å². The molecule has 20 heavy (non-hydrogen) atoms. The summed E-state index contributed by atoms with van der Waals surface area (Å²) in [6.45, 7) is 1.20. The number of hydrogen-bond donors (Lipinski definition) is 1. The van der Waals surface area contributed by atoms with Crippen molar-refractivity contribution in [1.29, 1.82) is 0 Å². The minimum absolute atomic E-state index is 0.469. The van der Waals surface area contributed by atoms with Crippen LogP contribution in [0.2, 0.25) is 0 Å². The summed E-state index contributed by atoms with van der Waals surface area (Å²) in [7, 11) is 1.66. The number of para-hydroxylation sites is 1. The van der Waals surface area contributed by atoms with Gasteiger partial charge in [0.15, 0.2) is 0 Å². The second-order valence-electron chi connectivity index (χ2n) is 4.71. The lowest BCUT2D eigenvalue weighted by Crippen LogP contribution is -2.05. The molecule has 0 bridgehead atoms. The minimum atomic E-state index is 0.469. The van der Waals surface area contributed by atoms with Crippen LogP contribution in [0.5, 0.6) is 5.75 Å². The fraction of sp³-hybridized carbons (Fsp3) is 0.188. The number of hydrogen-bond acceptors (Lipinski definition) is 3. The van der Waals surface area contributed by atoms with Crippen molar-refractivity contribution in [2.45, 2.75) is 13.1 Å². The quantitative estimate of drug-likeness (QED) is 0.790. The summed E-state index contributed by atoms with van der Waals surface area (Å²) in [5.74, 6) is 0.835. The van der Waals surface area contributed by atoms with Gasteiger partial charge in [-0.05, 0) is 23.8 Å². The van der Waals surface area contributed by atoms with Crippen molar-refractivity contribution in [3.8, 4) is 5.75 Å². The van der Waals surface area contributed by atoms with E-state index in [9.17, 15) is 0 Å². The number of nitrogens with zero attached hydrogens (tertiary/aromatic N) is 2. The fourth-order valence-electron chi connectivity index (χ4n) is 2.41. The van der Waals surface area contributed by atoms with Gasteiger partial charge in [-0.1, -0.05) is 24.3 Å². The summed E-state index contributed by atoms with van der Waals surface area (Å²) in [4.78, 5) is 0. The highest BCUT2D eigenvalue weighted by molar-refractivity contribution is 5.78. The Morgan fingerprint density at radius 1 is 1.20 bits per heavy atom. The van der Waals surface area contributed by atoms with E-state index in [2.05, 4.69) is 29.4 Å². The summed E-state index contributed by atoms with van der Waals surface area (Å²) in [5, 5.41) is 5.60. The maximum Gasteiger partial charge on any atom is 0.123 e. The first-order chi connectivity index (χ1) is 9.81. The molecular weight excluding hydrogens is 250 g/mol. The van der Waals surface area contributed by atoms with E-state index in [-0.39, 0.29) is 0 Å². The van der Waals surface area contributed by atoms with Crippen LogP contribution in [0.15, 0.2) is 48.7 Å². The normalized spacial score (nSPS) is 10.9.